The predicted molar refractivity (Wildman–Crippen MR) is 123 cm³/mol. The molecule has 0 aliphatic rings. The van der Waals surface area contributed by atoms with E-state index in [0.29, 0.717) is 5.56 Å². The summed E-state index contributed by atoms with van der Waals surface area (Å²) in [7, 11) is 0. The monoisotopic (exact) mass is 394 g/mol. The van der Waals surface area contributed by atoms with Gasteiger partial charge in [-0.3, -0.25) is 15.6 Å². The average Bonchev–Trinajstić information content (AvgIpc) is 2.81. The lowest BCUT2D eigenvalue weighted by molar-refractivity contribution is 0.0962. The minimum Gasteiger partial charge on any atom is -0.356 e. The smallest absolute Gasteiger partial charge is 0.269 e. The molecular weight excluding hydrogens is 372 g/mol. The van der Waals surface area contributed by atoms with Gasteiger partial charge in [-0.15, -0.1) is 0 Å². The SMILES string of the molecule is O=C(NNc1ccccc1)c1ccc(Nc2ccc(Nc3ccccc3)cc2)cc1. The van der Waals surface area contributed by atoms with Crippen LogP contribution >= 0.6 is 0 Å². The first kappa shape index (κ1) is 19.1. The van der Waals surface area contributed by atoms with E-state index in [2.05, 4.69) is 21.5 Å². The molecule has 4 aromatic rings. The molecule has 0 atom stereocenters. The summed E-state index contributed by atoms with van der Waals surface area (Å²) in [6.45, 7) is 0. The van der Waals surface area contributed by atoms with Gasteiger partial charge in [0.15, 0.2) is 0 Å². The average molecular weight is 394 g/mol. The van der Waals surface area contributed by atoms with E-state index >= 15 is 0 Å². The van der Waals surface area contributed by atoms with Crippen LogP contribution in [0.2, 0.25) is 0 Å². The highest BCUT2D eigenvalue weighted by atomic mass is 16.2. The number of carbonyl (C=O) groups is 1. The maximum Gasteiger partial charge on any atom is 0.269 e. The number of para-hydroxylation sites is 2. The van der Waals surface area contributed by atoms with Crippen molar-refractivity contribution < 1.29 is 4.79 Å². The Morgan fingerprint density at radius 1 is 0.467 bits per heavy atom. The highest BCUT2D eigenvalue weighted by Crippen LogP contribution is 2.21. The fourth-order valence-electron chi connectivity index (χ4n) is 2.92. The molecule has 0 aliphatic heterocycles. The molecule has 0 aliphatic carbocycles. The largest absolute Gasteiger partial charge is 0.356 e. The highest BCUT2D eigenvalue weighted by Gasteiger charge is 2.05. The standard InChI is InChI=1S/C25H22N4O/c30-25(29-28-24-9-5-2-6-10-24)19-11-13-21(14-12-19)27-23-17-15-22(16-18-23)26-20-7-3-1-4-8-20/h1-18,26-28H,(H,29,30). The molecule has 4 aromatic carbocycles. The lowest BCUT2D eigenvalue weighted by Gasteiger charge is -2.11. The lowest BCUT2D eigenvalue weighted by atomic mass is 10.2. The second-order valence-corrected chi connectivity index (χ2v) is 6.72. The minimum absolute atomic E-state index is 0.193. The maximum absolute atomic E-state index is 12.3. The third kappa shape index (κ3) is 5.17. The van der Waals surface area contributed by atoms with Crippen LogP contribution in [-0.2, 0) is 0 Å². The van der Waals surface area contributed by atoms with E-state index in [1.165, 1.54) is 0 Å². The third-order valence-electron chi connectivity index (χ3n) is 4.48. The van der Waals surface area contributed by atoms with E-state index in [9.17, 15) is 4.79 Å². The molecule has 0 unspecified atom stereocenters. The lowest BCUT2D eigenvalue weighted by Crippen LogP contribution is -2.29. The van der Waals surface area contributed by atoms with Gasteiger partial charge in [-0.25, -0.2) is 0 Å². The van der Waals surface area contributed by atoms with Crippen LogP contribution in [0, 0.1) is 0 Å². The number of carbonyl (C=O) groups excluding carboxylic acids is 1. The molecule has 0 spiro atoms. The number of hydrogen-bond donors (Lipinski definition) is 4. The maximum atomic E-state index is 12.3. The van der Waals surface area contributed by atoms with E-state index in [4.69, 9.17) is 0 Å². The summed E-state index contributed by atoms with van der Waals surface area (Å²) in [6, 6.07) is 34.9. The molecule has 0 saturated heterocycles. The van der Waals surface area contributed by atoms with Crippen LogP contribution in [0.4, 0.5) is 28.4 Å². The number of benzene rings is 4. The van der Waals surface area contributed by atoms with Gasteiger partial charge in [-0.05, 0) is 72.8 Å². The number of hydrazine groups is 1. The second-order valence-electron chi connectivity index (χ2n) is 6.72. The number of nitrogens with one attached hydrogen (secondary N) is 4. The van der Waals surface area contributed by atoms with Crippen molar-refractivity contribution >= 4 is 34.3 Å². The van der Waals surface area contributed by atoms with Crippen LogP contribution in [0.25, 0.3) is 0 Å². The van der Waals surface area contributed by atoms with Gasteiger partial charge in [0.25, 0.3) is 5.91 Å². The Labute approximate surface area is 175 Å². The van der Waals surface area contributed by atoms with Crippen molar-refractivity contribution in [2.45, 2.75) is 0 Å². The van der Waals surface area contributed by atoms with Gasteiger partial charge in [0, 0.05) is 28.3 Å². The normalized spacial score (nSPS) is 10.1. The Morgan fingerprint density at radius 2 is 0.867 bits per heavy atom. The second kappa shape index (κ2) is 9.30. The van der Waals surface area contributed by atoms with Crippen molar-refractivity contribution in [1.82, 2.24) is 5.43 Å². The molecule has 148 valence electrons. The summed E-state index contributed by atoms with van der Waals surface area (Å²) in [5.74, 6) is -0.193. The Morgan fingerprint density at radius 3 is 1.37 bits per heavy atom. The predicted octanol–water partition coefficient (Wildman–Crippen LogP) is 5.93. The zero-order valence-electron chi connectivity index (χ0n) is 16.3. The molecule has 0 saturated carbocycles. The third-order valence-corrected chi connectivity index (χ3v) is 4.48. The first-order chi connectivity index (χ1) is 14.8. The van der Waals surface area contributed by atoms with Crippen LogP contribution < -0.4 is 21.5 Å². The Balaban J connectivity index is 1.32. The van der Waals surface area contributed by atoms with E-state index < -0.39 is 0 Å². The van der Waals surface area contributed by atoms with Crippen LogP contribution in [0.5, 0.6) is 0 Å². The number of anilines is 5. The molecule has 4 rings (SSSR count). The number of rotatable bonds is 7. The summed E-state index contributed by atoms with van der Waals surface area (Å²) in [5, 5.41) is 6.70. The fraction of sp³-hybridized carbons (Fsp3) is 0. The van der Waals surface area contributed by atoms with Crippen molar-refractivity contribution in [2.24, 2.45) is 0 Å². The van der Waals surface area contributed by atoms with Gasteiger partial charge in [0.2, 0.25) is 0 Å². The van der Waals surface area contributed by atoms with Gasteiger partial charge in [-0.2, -0.15) is 0 Å². The minimum atomic E-state index is -0.193. The van der Waals surface area contributed by atoms with Gasteiger partial charge in [-0.1, -0.05) is 36.4 Å². The summed E-state index contributed by atoms with van der Waals surface area (Å²) >= 11 is 0. The molecule has 1 amide bonds. The number of amides is 1. The summed E-state index contributed by atoms with van der Waals surface area (Å²) in [6.07, 6.45) is 0. The molecule has 30 heavy (non-hydrogen) atoms. The van der Waals surface area contributed by atoms with E-state index in [1.54, 1.807) is 12.1 Å². The topological polar surface area (TPSA) is 65.2 Å². The molecule has 5 heteroatoms. The van der Waals surface area contributed by atoms with Crippen molar-refractivity contribution in [2.75, 3.05) is 16.1 Å². The zero-order chi connectivity index (χ0) is 20.6. The summed E-state index contributed by atoms with van der Waals surface area (Å²) < 4.78 is 0. The number of hydrogen-bond acceptors (Lipinski definition) is 4. The van der Waals surface area contributed by atoms with Crippen LogP contribution in [0.15, 0.2) is 109 Å². The Hall–Kier alpha value is -4.25. The van der Waals surface area contributed by atoms with Crippen molar-refractivity contribution in [3.63, 3.8) is 0 Å². The van der Waals surface area contributed by atoms with Crippen molar-refractivity contribution in [3.05, 3.63) is 115 Å². The van der Waals surface area contributed by atoms with Gasteiger partial charge >= 0.3 is 0 Å². The van der Waals surface area contributed by atoms with Crippen molar-refractivity contribution in [1.29, 1.82) is 0 Å². The molecule has 0 aromatic heterocycles. The first-order valence-electron chi connectivity index (χ1n) is 9.67. The quantitative estimate of drug-likeness (QED) is 0.293. The molecule has 0 heterocycles. The van der Waals surface area contributed by atoms with Gasteiger partial charge < -0.3 is 10.6 Å². The van der Waals surface area contributed by atoms with Crippen LogP contribution in [-0.4, -0.2) is 5.91 Å². The van der Waals surface area contributed by atoms with E-state index in [-0.39, 0.29) is 5.91 Å². The van der Waals surface area contributed by atoms with Crippen LogP contribution in [0.3, 0.4) is 0 Å². The van der Waals surface area contributed by atoms with Gasteiger partial charge in [0.05, 0.1) is 5.69 Å². The van der Waals surface area contributed by atoms with E-state index in [0.717, 1.165) is 28.4 Å². The summed E-state index contributed by atoms with van der Waals surface area (Å²) in [5.41, 5.74) is 10.9. The highest BCUT2D eigenvalue weighted by molar-refractivity contribution is 5.95. The van der Waals surface area contributed by atoms with Gasteiger partial charge in [0.1, 0.15) is 0 Å². The zero-order valence-corrected chi connectivity index (χ0v) is 16.3. The van der Waals surface area contributed by atoms with E-state index in [1.807, 2.05) is 97.1 Å². The fourth-order valence-corrected chi connectivity index (χ4v) is 2.92. The molecule has 0 bridgehead atoms. The molecule has 4 N–H and O–H groups in total. The molecule has 5 nitrogen and oxygen atoms in total. The van der Waals surface area contributed by atoms with Crippen LogP contribution in [0.1, 0.15) is 10.4 Å². The first-order valence-corrected chi connectivity index (χ1v) is 9.67. The molecule has 0 fully saturated rings. The molecule has 0 radical (unpaired) electrons. The Bertz CT molecular complexity index is 1080. The molecular formula is C25H22N4O. The van der Waals surface area contributed by atoms with Crippen molar-refractivity contribution in [3.8, 4) is 0 Å². The summed E-state index contributed by atoms with van der Waals surface area (Å²) in [4.78, 5) is 12.3. The Kier molecular flexibility index (Phi) is 5.91.